The van der Waals surface area contributed by atoms with Crippen LogP contribution in [0.2, 0.25) is 0 Å². The molecule has 0 aliphatic rings. The summed E-state index contributed by atoms with van der Waals surface area (Å²) in [5, 5.41) is 28.0. The zero-order valence-corrected chi connectivity index (χ0v) is 15.4. The molecule has 134 valence electrons. The van der Waals surface area contributed by atoms with Gasteiger partial charge in [-0.3, -0.25) is 0 Å². The maximum atomic E-state index is 10.0. The molecule has 0 amide bonds. The normalized spacial score (nSPS) is 13.1. The van der Waals surface area contributed by atoms with Crippen LogP contribution >= 0.6 is 0 Å². The van der Waals surface area contributed by atoms with Gasteiger partial charge in [-0.2, -0.15) is 0 Å². The maximum absolute atomic E-state index is 10.0. The van der Waals surface area contributed by atoms with E-state index in [4.69, 9.17) is 10.2 Å². The molecule has 0 aromatic rings. The summed E-state index contributed by atoms with van der Waals surface area (Å²) in [6, 6.07) is 0. The van der Waals surface area contributed by atoms with E-state index in [1.54, 1.807) is 0 Å². The maximum Gasteiger partial charge on any atom is 0.0540 e. The van der Waals surface area contributed by atoms with Crippen molar-refractivity contribution in [3.05, 3.63) is 0 Å². The first-order chi connectivity index (χ1) is 10.2. The van der Waals surface area contributed by atoms with Gasteiger partial charge in [-0.15, -0.1) is 0 Å². The molecular weight excluding hydrogens is 276 g/mol. The minimum atomic E-state index is -0.165. The van der Waals surface area contributed by atoms with Crippen LogP contribution in [-0.4, -0.2) is 34.6 Å². The molecule has 0 spiro atoms. The third-order valence-electron chi connectivity index (χ3n) is 4.86. The van der Waals surface area contributed by atoms with Crippen molar-refractivity contribution in [2.45, 2.75) is 98.0 Å². The first kappa shape index (κ1) is 21.9. The quantitative estimate of drug-likeness (QED) is 0.419. The van der Waals surface area contributed by atoms with E-state index in [1.807, 2.05) is 0 Å². The van der Waals surface area contributed by atoms with Gasteiger partial charge in [0.15, 0.2) is 0 Å². The van der Waals surface area contributed by atoms with Crippen molar-refractivity contribution >= 4 is 0 Å². The summed E-state index contributed by atoms with van der Waals surface area (Å²) in [6.07, 6.45) is 10.0. The molecule has 0 radical (unpaired) electrons. The zero-order valence-electron chi connectivity index (χ0n) is 15.4. The van der Waals surface area contributed by atoms with Crippen molar-refractivity contribution < 1.29 is 15.3 Å². The third kappa shape index (κ3) is 12.4. The Morgan fingerprint density at radius 2 is 1.00 bits per heavy atom. The lowest BCUT2D eigenvalue weighted by Gasteiger charge is -2.24. The summed E-state index contributed by atoms with van der Waals surface area (Å²) < 4.78 is 0. The Hall–Kier alpha value is -0.120. The Kier molecular flexibility index (Phi) is 11.4. The standard InChI is InChI=1S/C19H40O3/c1-18(2,13-15-20)11-7-5-9-17(22)10-6-8-12-19(3,4)14-16-21/h17,20-22H,5-16H2,1-4H3. The summed E-state index contributed by atoms with van der Waals surface area (Å²) in [4.78, 5) is 0. The van der Waals surface area contributed by atoms with Crippen LogP contribution in [0.3, 0.4) is 0 Å². The number of hydrogen-bond acceptors (Lipinski definition) is 3. The predicted octanol–water partition coefficient (Wildman–Crippen LogP) is 4.29. The van der Waals surface area contributed by atoms with Gasteiger partial charge in [0.1, 0.15) is 0 Å². The molecule has 0 aliphatic heterocycles. The van der Waals surface area contributed by atoms with E-state index in [0.717, 1.165) is 64.2 Å². The van der Waals surface area contributed by atoms with Crippen LogP contribution in [0.5, 0.6) is 0 Å². The number of aliphatic hydroxyl groups excluding tert-OH is 3. The van der Waals surface area contributed by atoms with Crippen LogP contribution in [0.15, 0.2) is 0 Å². The molecule has 3 N–H and O–H groups in total. The van der Waals surface area contributed by atoms with Crippen LogP contribution in [0.25, 0.3) is 0 Å². The lowest BCUT2D eigenvalue weighted by Crippen LogP contribution is -2.14. The van der Waals surface area contributed by atoms with Gasteiger partial charge in [-0.1, -0.05) is 53.4 Å². The largest absolute Gasteiger partial charge is 0.396 e. The molecule has 3 heteroatoms. The van der Waals surface area contributed by atoms with Crippen LogP contribution in [-0.2, 0) is 0 Å². The van der Waals surface area contributed by atoms with E-state index in [1.165, 1.54) is 0 Å². The summed E-state index contributed by atoms with van der Waals surface area (Å²) in [5.41, 5.74) is 0.440. The van der Waals surface area contributed by atoms with Gasteiger partial charge in [0, 0.05) is 13.2 Å². The van der Waals surface area contributed by atoms with Gasteiger partial charge < -0.3 is 15.3 Å². The highest BCUT2D eigenvalue weighted by Crippen LogP contribution is 2.29. The fourth-order valence-electron chi connectivity index (χ4n) is 2.97. The average molecular weight is 317 g/mol. The SMILES string of the molecule is CC(C)(CCO)CCCCC(O)CCCCC(C)(C)CCO. The molecule has 0 heterocycles. The molecule has 0 atom stereocenters. The van der Waals surface area contributed by atoms with E-state index >= 15 is 0 Å². The summed E-state index contributed by atoms with van der Waals surface area (Å²) >= 11 is 0. The van der Waals surface area contributed by atoms with Crippen molar-refractivity contribution in [3.63, 3.8) is 0 Å². The van der Waals surface area contributed by atoms with Crippen LogP contribution in [0, 0.1) is 10.8 Å². The second-order valence-electron chi connectivity index (χ2n) is 8.42. The molecule has 0 fully saturated rings. The van der Waals surface area contributed by atoms with Crippen molar-refractivity contribution in [2.75, 3.05) is 13.2 Å². The number of aliphatic hydroxyl groups is 3. The molecule has 0 aliphatic carbocycles. The molecule has 0 saturated heterocycles. The number of unbranched alkanes of at least 4 members (excludes halogenated alkanes) is 2. The molecular formula is C19H40O3. The smallest absolute Gasteiger partial charge is 0.0540 e. The second-order valence-corrected chi connectivity index (χ2v) is 8.42. The molecule has 0 saturated carbocycles. The van der Waals surface area contributed by atoms with Gasteiger partial charge in [0.2, 0.25) is 0 Å². The summed E-state index contributed by atoms with van der Waals surface area (Å²) in [7, 11) is 0. The highest BCUT2D eigenvalue weighted by Gasteiger charge is 2.18. The minimum absolute atomic E-state index is 0.165. The van der Waals surface area contributed by atoms with Gasteiger partial charge in [-0.05, 0) is 49.4 Å². The Bertz CT molecular complexity index is 235. The van der Waals surface area contributed by atoms with Crippen LogP contribution in [0.1, 0.15) is 91.9 Å². The molecule has 3 nitrogen and oxygen atoms in total. The first-order valence-corrected chi connectivity index (χ1v) is 9.12. The zero-order chi connectivity index (χ0) is 17.1. The molecule has 0 rings (SSSR count). The van der Waals surface area contributed by atoms with E-state index < -0.39 is 0 Å². The summed E-state index contributed by atoms with van der Waals surface area (Å²) in [5.74, 6) is 0. The number of hydrogen-bond donors (Lipinski definition) is 3. The van der Waals surface area contributed by atoms with Crippen molar-refractivity contribution in [3.8, 4) is 0 Å². The van der Waals surface area contributed by atoms with E-state index in [0.29, 0.717) is 0 Å². The highest BCUT2D eigenvalue weighted by atomic mass is 16.3. The average Bonchev–Trinajstić information content (AvgIpc) is 2.40. The van der Waals surface area contributed by atoms with Gasteiger partial charge in [0.05, 0.1) is 6.10 Å². The lowest BCUT2D eigenvalue weighted by atomic mass is 9.83. The Morgan fingerprint density at radius 1 is 0.636 bits per heavy atom. The third-order valence-corrected chi connectivity index (χ3v) is 4.86. The minimum Gasteiger partial charge on any atom is -0.396 e. The topological polar surface area (TPSA) is 60.7 Å². The van der Waals surface area contributed by atoms with Gasteiger partial charge in [0.25, 0.3) is 0 Å². The molecule has 0 aromatic carbocycles. The van der Waals surface area contributed by atoms with E-state index in [2.05, 4.69) is 27.7 Å². The monoisotopic (exact) mass is 316 g/mol. The van der Waals surface area contributed by atoms with Crippen molar-refractivity contribution in [1.82, 2.24) is 0 Å². The van der Waals surface area contributed by atoms with Crippen LogP contribution in [0.4, 0.5) is 0 Å². The number of rotatable bonds is 14. The molecule has 22 heavy (non-hydrogen) atoms. The molecule has 0 aromatic heterocycles. The van der Waals surface area contributed by atoms with Crippen molar-refractivity contribution in [1.29, 1.82) is 0 Å². The highest BCUT2D eigenvalue weighted by molar-refractivity contribution is 4.70. The molecule has 0 unspecified atom stereocenters. The molecule has 0 bridgehead atoms. The Labute approximate surface area is 138 Å². The Morgan fingerprint density at radius 3 is 1.32 bits per heavy atom. The van der Waals surface area contributed by atoms with Gasteiger partial charge >= 0.3 is 0 Å². The van der Waals surface area contributed by atoms with E-state index in [9.17, 15) is 5.11 Å². The first-order valence-electron chi connectivity index (χ1n) is 9.12. The second kappa shape index (κ2) is 11.4. The predicted molar refractivity (Wildman–Crippen MR) is 93.9 cm³/mol. The van der Waals surface area contributed by atoms with Crippen molar-refractivity contribution in [2.24, 2.45) is 10.8 Å². The lowest BCUT2D eigenvalue weighted by molar-refractivity contribution is 0.139. The Balaban J connectivity index is 3.60. The van der Waals surface area contributed by atoms with Crippen LogP contribution < -0.4 is 0 Å². The fourth-order valence-corrected chi connectivity index (χ4v) is 2.97. The summed E-state index contributed by atoms with van der Waals surface area (Å²) in [6.45, 7) is 9.34. The van der Waals surface area contributed by atoms with Gasteiger partial charge in [-0.25, -0.2) is 0 Å². The van der Waals surface area contributed by atoms with E-state index in [-0.39, 0.29) is 30.1 Å². The fraction of sp³-hybridized carbons (Fsp3) is 1.00.